The summed E-state index contributed by atoms with van der Waals surface area (Å²) in [4.78, 5) is 23.1. The number of anilines is 1. The van der Waals surface area contributed by atoms with Gasteiger partial charge in [-0.25, -0.2) is 4.79 Å². The predicted octanol–water partition coefficient (Wildman–Crippen LogP) is 2.36. The lowest BCUT2D eigenvalue weighted by Crippen LogP contribution is -2.14. The molecular formula is C15H13NO5. The number of carbonyl (C=O) groups is 2. The first kappa shape index (κ1) is 14.4. The van der Waals surface area contributed by atoms with Crippen molar-refractivity contribution in [3.63, 3.8) is 0 Å². The molecule has 108 valence electrons. The highest BCUT2D eigenvalue weighted by atomic mass is 16.4. The highest BCUT2D eigenvalue weighted by Gasteiger charge is 2.15. The summed E-state index contributed by atoms with van der Waals surface area (Å²) in [7, 11) is 0. The molecule has 0 aromatic heterocycles. The first-order chi connectivity index (χ1) is 9.88. The molecule has 6 nitrogen and oxygen atoms in total. The third-order valence-corrected chi connectivity index (χ3v) is 2.95. The van der Waals surface area contributed by atoms with Gasteiger partial charge >= 0.3 is 5.97 Å². The number of aryl methyl sites for hydroxylation is 1. The zero-order chi connectivity index (χ0) is 15.6. The van der Waals surface area contributed by atoms with Crippen LogP contribution >= 0.6 is 0 Å². The van der Waals surface area contributed by atoms with Crippen LogP contribution in [-0.2, 0) is 0 Å². The summed E-state index contributed by atoms with van der Waals surface area (Å²) in [5, 5.41) is 30.4. The molecule has 0 heterocycles. The molecule has 0 spiro atoms. The van der Waals surface area contributed by atoms with E-state index in [0.717, 1.165) is 6.07 Å². The van der Waals surface area contributed by atoms with E-state index in [9.17, 15) is 19.8 Å². The van der Waals surface area contributed by atoms with Gasteiger partial charge in [-0.1, -0.05) is 6.07 Å². The Labute approximate surface area is 120 Å². The van der Waals surface area contributed by atoms with E-state index in [4.69, 9.17) is 5.11 Å². The summed E-state index contributed by atoms with van der Waals surface area (Å²) >= 11 is 0. The van der Waals surface area contributed by atoms with E-state index in [1.807, 2.05) is 0 Å². The molecule has 0 aliphatic heterocycles. The number of carboxylic acids is 1. The maximum absolute atomic E-state index is 12.1. The van der Waals surface area contributed by atoms with Gasteiger partial charge < -0.3 is 20.6 Å². The van der Waals surface area contributed by atoms with Gasteiger partial charge in [0.25, 0.3) is 5.91 Å². The van der Waals surface area contributed by atoms with Crippen LogP contribution in [0.3, 0.4) is 0 Å². The monoisotopic (exact) mass is 287 g/mol. The number of rotatable bonds is 3. The van der Waals surface area contributed by atoms with Crippen molar-refractivity contribution in [1.29, 1.82) is 0 Å². The highest BCUT2D eigenvalue weighted by Crippen LogP contribution is 2.23. The second-order valence-corrected chi connectivity index (χ2v) is 4.49. The molecule has 0 fully saturated rings. The molecule has 6 heteroatoms. The number of amides is 1. The highest BCUT2D eigenvalue weighted by molar-refractivity contribution is 6.08. The van der Waals surface area contributed by atoms with E-state index in [1.54, 1.807) is 13.0 Å². The van der Waals surface area contributed by atoms with Gasteiger partial charge in [-0.2, -0.15) is 0 Å². The minimum Gasteiger partial charge on any atom is -0.508 e. The molecule has 4 N–H and O–H groups in total. The van der Waals surface area contributed by atoms with Gasteiger partial charge in [0.05, 0.1) is 11.3 Å². The normalized spacial score (nSPS) is 10.1. The number of phenolic OH excluding ortho intramolecular Hbond substituents is 2. The number of hydrogen-bond donors (Lipinski definition) is 4. The summed E-state index contributed by atoms with van der Waals surface area (Å²) < 4.78 is 0. The van der Waals surface area contributed by atoms with E-state index in [1.165, 1.54) is 24.3 Å². The van der Waals surface area contributed by atoms with Gasteiger partial charge in [0.2, 0.25) is 0 Å². The molecule has 21 heavy (non-hydrogen) atoms. The topological polar surface area (TPSA) is 107 Å². The van der Waals surface area contributed by atoms with Crippen molar-refractivity contribution in [2.45, 2.75) is 6.92 Å². The van der Waals surface area contributed by atoms with Crippen LogP contribution in [0.1, 0.15) is 26.3 Å². The summed E-state index contributed by atoms with van der Waals surface area (Å²) in [5.74, 6) is -2.06. The molecule has 1 amide bonds. The summed E-state index contributed by atoms with van der Waals surface area (Å²) in [6.45, 7) is 1.69. The van der Waals surface area contributed by atoms with Crippen molar-refractivity contribution >= 4 is 17.6 Å². The third kappa shape index (κ3) is 3.11. The van der Waals surface area contributed by atoms with Crippen molar-refractivity contribution < 1.29 is 24.9 Å². The number of benzene rings is 2. The van der Waals surface area contributed by atoms with E-state index in [-0.39, 0.29) is 28.3 Å². The molecule has 0 saturated heterocycles. The lowest BCUT2D eigenvalue weighted by atomic mass is 10.1. The lowest BCUT2D eigenvalue weighted by molar-refractivity contribution is 0.0697. The molecule has 0 unspecified atom stereocenters. The Kier molecular flexibility index (Phi) is 3.80. The van der Waals surface area contributed by atoms with Gasteiger partial charge in [0.1, 0.15) is 11.5 Å². The van der Waals surface area contributed by atoms with Crippen LogP contribution in [0.5, 0.6) is 11.5 Å². The largest absolute Gasteiger partial charge is 0.508 e. The van der Waals surface area contributed by atoms with Gasteiger partial charge in [-0.05, 0) is 42.8 Å². The maximum Gasteiger partial charge on any atom is 0.337 e. The van der Waals surface area contributed by atoms with Crippen molar-refractivity contribution in [1.82, 2.24) is 0 Å². The Morgan fingerprint density at radius 3 is 2.38 bits per heavy atom. The Morgan fingerprint density at radius 1 is 1.05 bits per heavy atom. The van der Waals surface area contributed by atoms with Crippen LogP contribution < -0.4 is 5.32 Å². The molecule has 2 aromatic rings. The number of nitrogens with one attached hydrogen (secondary N) is 1. The molecule has 0 aliphatic carbocycles. The lowest BCUT2D eigenvalue weighted by Gasteiger charge is -2.09. The average molecular weight is 287 g/mol. The molecule has 2 aromatic carbocycles. The first-order valence-corrected chi connectivity index (χ1v) is 6.06. The van der Waals surface area contributed by atoms with Gasteiger partial charge in [0, 0.05) is 5.56 Å². The number of aromatic hydroxyl groups is 2. The molecule has 0 aliphatic rings. The fraction of sp³-hybridized carbons (Fsp3) is 0.0667. The fourth-order valence-electron chi connectivity index (χ4n) is 1.76. The van der Waals surface area contributed by atoms with Gasteiger partial charge in [-0.15, -0.1) is 0 Å². The van der Waals surface area contributed by atoms with E-state index >= 15 is 0 Å². The number of aromatic carboxylic acids is 1. The quantitative estimate of drug-likeness (QED) is 0.648. The van der Waals surface area contributed by atoms with E-state index in [0.29, 0.717) is 5.56 Å². The standard InChI is InChI=1S/C15H13NO5/c1-8-2-3-9(6-13(8)18)14(19)16-12-5-4-10(17)7-11(12)15(20)21/h2-7,17-18H,1H3,(H,16,19)(H,20,21). The summed E-state index contributed by atoms with van der Waals surface area (Å²) in [5.41, 5.74) is 0.662. The molecule has 0 radical (unpaired) electrons. The van der Waals surface area contributed by atoms with Crippen molar-refractivity contribution in [2.24, 2.45) is 0 Å². The Bertz CT molecular complexity index is 724. The Hall–Kier alpha value is -3.02. The zero-order valence-electron chi connectivity index (χ0n) is 11.1. The maximum atomic E-state index is 12.1. The first-order valence-electron chi connectivity index (χ1n) is 6.06. The summed E-state index contributed by atoms with van der Waals surface area (Å²) in [6, 6.07) is 8.01. The Morgan fingerprint density at radius 2 is 1.76 bits per heavy atom. The zero-order valence-corrected chi connectivity index (χ0v) is 11.1. The van der Waals surface area contributed by atoms with Crippen molar-refractivity contribution in [3.8, 4) is 11.5 Å². The van der Waals surface area contributed by atoms with Crippen molar-refractivity contribution in [3.05, 3.63) is 53.1 Å². The molecule has 0 bridgehead atoms. The average Bonchev–Trinajstić information content (AvgIpc) is 2.43. The van der Waals surface area contributed by atoms with Crippen LogP contribution in [0.25, 0.3) is 0 Å². The van der Waals surface area contributed by atoms with E-state index < -0.39 is 11.9 Å². The van der Waals surface area contributed by atoms with Crippen LogP contribution in [0, 0.1) is 6.92 Å². The molecule has 0 saturated carbocycles. The fourth-order valence-corrected chi connectivity index (χ4v) is 1.76. The van der Waals surface area contributed by atoms with Crippen LogP contribution in [0.4, 0.5) is 5.69 Å². The second-order valence-electron chi connectivity index (χ2n) is 4.49. The molecule has 0 atom stereocenters. The van der Waals surface area contributed by atoms with Gasteiger partial charge in [0.15, 0.2) is 0 Å². The molecular weight excluding hydrogens is 274 g/mol. The molecule has 2 rings (SSSR count). The van der Waals surface area contributed by atoms with Crippen LogP contribution in [0.2, 0.25) is 0 Å². The minimum atomic E-state index is -1.27. The Balaban J connectivity index is 2.31. The second kappa shape index (κ2) is 5.54. The smallest absolute Gasteiger partial charge is 0.337 e. The number of carbonyl (C=O) groups excluding carboxylic acids is 1. The van der Waals surface area contributed by atoms with Crippen molar-refractivity contribution in [2.75, 3.05) is 5.32 Å². The van der Waals surface area contributed by atoms with Crippen LogP contribution in [0.15, 0.2) is 36.4 Å². The number of hydrogen-bond acceptors (Lipinski definition) is 4. The van der Waals surface area contributed by atoms with Crippen LogP contribution in [-0.4, -0.2) is 27.2 Å². The summed E-state index contributed by atoms with van der Waals surface area (Å²) in [6.07, 6.45) is 0. The predicted molar refractivity (Wildman–Crippen MR) is 75.9 cm³/mol. The van der Waals surface area contributed by atoms with Gasteiger partial charge in [-0.3, -0.25) is 4.79 Å². The number of carboxylic acid groups (broad SMARTS) is 1. The SMILES string of the molecule is Cc1ccc(C(=O)Nc2ccc(O)cc2C(=O)O)cc1O. The third-order valence-electron chi connectivity index (χ3n) is 2.95. The number of phenols is 2. The minimum absolute atomic E-state index is 0.0215. The van der Waals surface area contributed by atoms with E-state index in [2.05, 4.69) is 5.32 Å².